The fourth-order valence-electron chi connectivity index (χ4n) is 2.35. The zero-order valence-electron chi connectivity index (χ0n) is 16.3. The number of ether oxygens (including phenoxy) is 2. The highest BCUT2D eigenvalue weighted by Gasteiger charge is 2.32. The summed E-state index contributed by atoms with van der Waals surface area (Å²) in [7, 11) is 0.317. The van der Waals surface area contributed by atoms with Crippen LogP contribution in [0.5, 0.6) is 11.5 Å². The summed E-state index contributed by atoms with van der Waals surface area (Å²) in [5.74, 6) is -0.925. The van der Waals surface area contributed by atoms with Gasteiger partial charge in [0.1, 0.15) is 5.75 Å². The zero-order valence-corrected chi connectivity index (χ0v) is 17.1. The lowest BCUT2D eigenvalue weighted by molar-refractivity contribution is -0.274. The fraction of sp³-hybridized carbons (Fsp3) is 0.278. The molecule has 0 saturated heterocycles. The predicted molar refractivity (Wildman–Crippen MR) is 104 cm³/mol. The van der Waals surface area contributed by atoms with Crippen LogP contribution in [0.3, 0.4) is 0 Å². The van der Waals surface area contributed by atoms with E-state index >= 15 is 0 Å². The Morgan fingerprint density at radius 3 is 2.33 bits per heavy atom. The second-order valence-corrected chi connectivity index (χ2v) is 8.25. The molecule has 0 heterocycles. The van der Waals surface area contributed by atoms with Gasteiger partial charge in [-0.2, -0.15) is 0 Å². The summed E-state index contributed by atoms with van der Waals surface area (Å²) in [4.78, 5) is 12.2. The molecule has 0 saturated carbocycles. The van der Waals surface area contributed by atoms with Crippen molar-refractivity contribution < 1.29 is 35.9 Å². The maximum atomic E-state index is 12.5. The molecule has 0 unspecified atom stereocenters. The monoisotopic (exact) mass is 447 g/mol. The summed E-state index contributed by atoms with van der Waals surface area (Å²) in [6, 6.07) is 9.19. The molecule has 2 N–H and O–H groups in total. The molecular weight excluding hydrogens is 427 g/mol. The number of nitrogens with zero attached hydrogens (tertiary/aromatic N) is 1. The molecule has 8 nitrogen and oxygen atoms in total. The van der Waals surface area contributed by atoms with E-state index in [0.29, 0.717) is 0 Å². The van der Waals surface area contributed by atoms with Gasteiger partial charge in [-0.1, -0.05) is 12.1 Å². The van der Waals surface area contributed by atoms with E-state index in [1.54, 1.807) is 0 Å². The molecule has 0 aliphatic carbocycles. The summed E-state index contributed by atoms with van der Waals surface area (Å²) < 4.78 is 72.1. The number of rotatable bonds is 8. The third kappa shape index (κ3) is 6.00. The average molecular weight is 447 g/mol. The van der Waals surface area contributed by atoms with Crippen LogP contribution in [0.2, 0.25) is 0 Å². The Labute approximate surface area is 171 Å². The number of carbonyl (C=O) groups excluding carboxylic acids is 1. The standard InChI is InChI=1S/C18H20F3N3O5S/c1-24(2)30(26,27)12-8-9-15(28-3)14(10-12)23-17(25)11-22-13-6-4-5-7-16(13)29-18(19,20)21/h4-10,22H,11H2,1-3H3,(H,23,25). The third-order valence-electron chi connectivity index (χ3n) is 3.78. The first-order valence-corrected chi connectivity index (χ1v) is 9.87. The quantitative estimate of drug-likeness (QED) is 0.646. The highest BCUT2D eigenvalue weighted by atomic mass is 32.2. The average Bonchev–Trinajstić information content (AvgIpc) is 2.66. The molecule has 0 radical (unpaired) electrons. The highest BCUT2D eigenvalue weighted by Crippen LogP contribution is 2.30. The maximum Gasteiger partial charge on any atom is 0.573 e. The maximum absolute atomic E-state index is 12.5. The molecule has 164 valence electrons. The molecule has 0 aliphatic rings. The van der Waals surface area contributed by atoms with Crippen LogP contribution < -0.4 is 20.1 Å². The van der Waals surface area contributed by atoms with E-state index in [2.05, 4.69) is 15.4 Å². The number of hydrogen-bond donors (Lipinski definition) is 2. The number of amides is 1. The molecule has 0 fully saturated rings. The van der Waals surface area contributed by atoms with Crippen molar-refractivity contribution in [2.45, 2.75) is 11.3 Å². The van der Waals surface area contributed by atoms with Crippen molar-refractivity contribution in [3.05, 3.63) is 42.5 Å². The number of alkyl halides is 3. The minimum Gasteiger partial charge on any atom is -0.495 e. The first kappa shape index (κ1) is 23.3. The van der Waals surface area contributed by atoms with Gasteiger partial charge >= 0.3 is 6.36 Å². The van der Waals surface area contributed by atoms with Gasteiger partial charge in [-0.15, -0.1) is 13.2 Å². The largest absolute Gasteiger partial charge is 0.573 e. The Bertz CT molecular complexity index is 1010. The van der Waals surface area contributed by atoms with Crippen LogP contribution >= 0.6 is 0 Å². The Morgan fingerprint density at radius 2 is 1.73 bits per heavy atom. The molecule has 0 atom stereocenters. The number of nitrogens with one attached hydrogen (secondary N) is 2. The van der Waals surface area contributed by atoms with Crippen molar-refractivity contribution in [1.29, 1.82) is 0 Å². The van der Waals surface area contributed by atoms with Crippen LogP contribution in [-0.2, 0) is 14.8 Å². The summed E-state index contributed by atoms with van der Waals surface area (Å²) in [5.41, 5.74) is 0.0490. The van der Waals surface area contributed by atoms with Crippen molar-refractivity contribution in [3.8, 4) is 11.5 Å². The number of hydrogen-bond acceptors (Lipinski definition) is 6. The van der Waals surface area contributed by atoms with Crippen LogP contribution in [0.15, 0.2) is 47.4 Å². The van der Waals surface area contributed by atoms with Gasteiger partial charge in [-0.05, 0) is 30.3 Å². The molecular formula is C18H20F3N3O5S. The molecule has 0 bridgehead atoms. The van der Waals surface area contributed by atoms with Crippen molar-refractivity contribution in [2.24, 2.45) is 0 Å². The van der Waals surface area contributed by atoms with Crippen molar-refractivity contribution in [1.82, 2.24) is 4.31 Å². The van der Waals surface area contributed by atoms with Crippen LogP contribution in [-0.4, -0.2) is 52.7 Å². The minimum atomic E-state index is -4.88. The van der Waals surface area contributed by atoms with Gasteiger partial charge in [0.2, 0.25) is 15.9 Å². The lowest BCUT2D eigenvalue weighted by atomic mass is 10.2. The van der Waals surface area contributed by atoms with E-state index in [-0.39, 0.29) is 22.0 Å². The molecule has 0 aromatic heterocycles. The van der Waals surface area contributed by atoms with Crippen molar-refractivity contribution >= 4 is 27.3 Å². The van der Waals surface area contributed by atoms with Gasteiger partial charge in [-0.25, -0.2) is 12.7 Å². The first-order chi connectivity index (χ1) is 13.9. The number of benzene rings is 2. The second kappa shape index (κ2) is 9.22. The van der Waals surface area contributed by atoms with E-state index in [1.165, 1.54) is 57.6 Å². The molecule has 12 heteroatoms. The number of carbonyl (C=O) groups is 1. The van der Waals surface area contributed by atoms with Gasteiger partial charge in [0.15, 0.2) is 5.75 Å². The van der Waals surface area contributed by atoms with Crippen LogP contribution in [0.1, 0.15) is 0 Å². The lowest BCUT2D eigenvalue weighted by Gasteiger charge is -2.16. The Balaban J connectivity index is 2.16. The molecule has 0 aliphatic heterocycles. The van der Waals surface area contributed by atoms with E-state index in [1.807, 2.05) is 0 Å². The SMILES string of the molecule is COc1ccc(S(=O)(=O)N(C)C)cc1NC(=O)CNc1ccccc1OC(F)(F)F. The van der Waals surface area contributed by atoms with E-state index in [0.717, 1.165) is 10.4 Å². The van der Waals surface area contributed by atoms with E-state index < -0.39 is 34.6 Å². The number of anilines is 2. The summed E-state index contributed by atoms with van der Waals surface area (Å²) in [5, 5.41) is 5.03. The molecule has 30 heavy (non-hydrogen) atoms. The smallest absolute Gasteiger partial charge is 0.495 e. The first-order valence-electron chi connectivity index (χ1n) is 8.43. The number of methoxy groups -OCH3 is 1. The van der Waals surface area contributed by atoms with Gasteiger partial charge in [0.25, 0.3) is 0 Å². The number of para-hydroxylation sites is 2. The molecule has 2 aromatic carbocycles. The van der Waals surface area contributed by atoms with Gasteiger partial charge in [0.05, 0.1) is 29.9 Å². The summed E-state index contributed by atoms with van der Waals surface area (Å²) in [6.07, 6.45) is -4.88. The summed E-state index contributed by atoms with van der Waals surface area (Å²) in [6.45, 7) is -0.411. The molecule has 2 aromatic rings. The number of halogens is 3. The third-order valence-corrected chi connectivity index (χ3v) is 5.59. The molecule has 1 amide bonds. The molecule has 0 spiro atoms. The topological polar surface area (TPSA) is 97.0 Å². The Hall–Kier alpha value is -2.99. The van der Waals surface area contributed by atoms with E-state index in [9.17, 15) is 26.4 Å². The van der Waals surface area contributed by atoms with Crippen LogP contribution in [0.25, 0.3) is 0 Å². The highest BCUT2D eigenvalue weighted by molar-refractivity contribution is 7.89. The Morgan fingerprint density at radius 1 is 1.07 bits per heavy atom. The van der Waals surface area contributed by atoms with Crippen LogP contribution in [0, 0.1) is 0 Å². The minimum absolute atomic E-state index is 0.0409. The van der Waals surface area contributed by atoms with Crippen molar-refractivity contribution in [2.75, 3.05) is 38.4 Å². The van der Waals surface area contributed by atoms with Crippen LogP contribution in [0.4, 0.5) is 24.5 Å². The van der Waals surface area contributed by atoms with Gasteiger partial charge in [-0.3, -0.25) is 4.79 Å². The molecule has 2 rings (SSSR count). The normalized spacial score (nSPS) is 11.8. The fourth-order valence-corrected chi connectivity index (χ4v) is 3.28. The Kier molecular flexibility index (Phi) is 7.16. The van der Waals surface area contributed by atoms with E-state index in [4.69, 9.17) is 4.74 Å². The lowest BCUT2D eigenvalue weighted by Crippen LogP contribution is -2.24. The summed E-state index contributed by atoms with van der Waals surface area (Å²) >= 11 is 0. The van der Waals surface area contributed by atoms with Crippen molar-refractivity contribution in [3.63, 3.8) is 0 Å². The van der Waals surface area contributed by atoms with Gasteiger partial charge in [0, 0.05) is 14.1 Å². The second-order valence-electron chi connectivity index (χ2n) is 6.10. The van der Waals surface area contributed by atoms with Gasteiger partial charge < -0.3 is 20.1 Å². The zero-order chi connectivity index (χ0) is 22.5. The number of sulfonamides is 1. The predicted octanol–water partition coefficient (Wildman–Crippen LogP) is 2.89.